The van der Waals surface area contributed by atoms with E-state index in [1.807, 2.05) is 5.32 Å². The Bertz CT molecular complexity index is 3380. The van der Waals surface area contributed by atoms with Gasteiger partial charge >= 0.3 is 29.8 Å². The summed E-state index contributed by atoms with van der Waals surface area (Å²) in [5, 5.41) is 96.1. The molecule has 0 aliphatic rings. The molecule has 0 saturated carbocycles. The number of aliphatic carboxylic acids is 5. The van der Waals surface area contributed by atoms with Crippen LogP contribution in [-0.2, 0) is 101 Å². The molecule has 0 unspecified atom stereocenters. The summed E-state index contributed by atoms with van der Waals surface area (Å²) in [4.78, 5) is 272. The van der Waals surface area contributed by atoms with E-state index in [0.717, 1.165) is 20.8 Å². The Morgan fingerprint density at radius 2 is 0.482 bits per heavy atom. The molecule has 16 amide bonds. The molecular formula is C61H101N23O26. The normalized spacial score (nSPS) is 14.6. The molecule has 0 aromatic rings. The fourth-order valence-electron chi connectivity index (χ4n) is 9.34. The maximum absolute atomic E-state index is 14.0. The van der Waals surface area contributed by atoms with Crippen molar-refractivity contribution in [3.8, 4) is 0 Å². The lowest BCUT2D eigenvalue weighted by Crippen LogP contribution is -2.60. The molecule has 0 aromatic carbocycles. The van der Waals surface area contributed by atoms with Crippen LogP contribution in [0.3, 0.4) is 0 Å². The Morgan fingerprint density at radius 3 is 0.718 bits per heavy atom. The second-order valence-electron chi connectivity index (χ2n) is 25.0. The molecule has 0 radical (unpaired) electrons. The van der Waals surface area contributed by atoms with E-state index in [1.54, 1.807) is 0 Å². The van der Waals surface area contributed by atoms with Crippen LogP contribution in [0.4, 0.5) is 0 Å². The molecule has 0 fully saturated rings. The van der Waals surface area contributed by atoms with Gasteiger partial charge in [-0.1, -0.05) is 0 Å². The molecule has 616 valence electrons. The zero-order valence-electron chi connectivity index (χ0n) is 60.8. The van der Waals surface area contributed by atoms with Crippen molar-refractivity contribution in [1.29, 1.82) is 10.8 Å². The molecule has 14 atom stereocenters. The number of amides is 16. The second kappa shape index (κ2) is 50.0. The number of carbonyl (C=O) groups is 21. The molecule has 34 N–H and O–H groups in total. The number of rotatable bonds is 55. The quantitative estimate of drug-likeness (QED) is 0.0153. The van der Waals surface area contributed by atoms with E-state index in [9.17, 15) is 126 Å². The molecule has 0 saturated heterocycles. The first-order chi connectivity index (χ1) is 51.1. The molecule has 0 heterocycles. The van der Waals surface area contributed by atoms with Gasteiger partial charge in [-0.3, -0.25) is 107 Å². The molecule has 49 nitrogen and oxygen atoms in total. The molecule has 0 rings (SSSR count). The number of guanidine groups is 2. The Hall–Kier alpha value is -12.6. The average Bonchev–Trinajstić information content (AvgIpc) is 0.863. The number of carbonyl (C=O) groups excluding carboxylic acids is 16. The van der Waals surface area contributed by atoms with Crippen LogP contribution in [0, 0.1) is 10.8 Å². The fourth-order valence-corrected chi connectivity index (χ4v) is 9.34. The van der Waals surface area contributed by atoms with Crippen molar-refractivity contribution >= 4 is 136 Å². The predicted molar refractivity (Wildman–Crippen MR) is 376 cm³/mol. The van der Waals surface area contributed by atoms with E-state index < -0.39 is 298 Å². The summed E-state index contributed by atoms with van der Waals surface area (Å²) >= 11 is 0. The number of nitrogens with one attached hydrogen (secondary N) is 17. The highest BCUT2D eigenvalue weighted by molar-refractivity contribution is 6.01. The minimum Gasteiger partial charge on any atom is -0.481 e. The molecule has 49 heteroatoms. The lowest BCUT2D eigenvalue weighted by atomic mass is 10.0. The van der Waals surface area contributed by atoms with Crippen molar-refractivity contribution in [2.45, 2.75) is 228 Å². The van der Waals surface area contributed by atoms with E-state index >= 15 is 0 Å². The minimum absolute atomic E-state index is 0.0508. The smallest absolute Gasteiger partial charge is 0.326 e. The number of nitrogens with two attached hydrogens (primary N) is 6. The first-order valence-corrected chi connectivity index (χ1v) is 34.0. The van der Waals surface area contributed by atoms with Gasteiger partial charge in [0.15, 0.2) is 11.9 Å². The van der Waals surface area contributed by atoms with Gasteiger partial charge in [0, 0.05) is 51.6 Å². The SMILES string of the molecule is C[C@H](N)C(=O)N[C@@H](CCCNC(=N)N)C(=O)N[C@@H](C)C(=O)N[C@@H](CCC(=O)O)C(=O)N[C@@H](C)C(=O)N[C@@H](CCC(N)=O)C(=O)N[C@@H](CCC(=O)O)C(=O)N[C@@H](C)C(=O)N[C@@H](CCC(=O)O)C(=O)N[C@@H](CC(=O)O)C(=O)N[C@@H](CCC(N)=O)C(=O)N[C@@H](CCC(N)=O)C(=O)N[C@@H](C)C(=O)N[C@@H](CCCNC(=N)N)C(=O)O. The lowest BCUT2D eigenvalue weighted by Gasteiger charge is -2.27. The summed E-state index contributed by atoms with van der Waals surface area (Å²) in [5.74, 6) is -27.6. The maximum atomic E-state index is 14.0. The van der Waals surface area contributed by atoms with Gasteiger partial charge in [-0.25, -0.2) is 4.79 Å². The molecule has 0 aliphatic carbocycles. The highest BCUT2D eigenvalue weighted by Gasteiger charge is 2.37. The van der Waals surface area contributed by atoms with Crippen LogP contribution in [-0.4, -0.2) is 259 Å². The topological polar surface area (TPSA) is 844 Å². The van der Waals surface area contributed by atoms with Gasteiger partial charge in [-0.15, -0.1) is 0 Å². The molecule has 0 spiro atoms. The number of primary amides is 3. The van der Waals surface area contributed by atoms with E-state index in [-0.39, 0.29) is 44.7 Å². The van der Waals surface area contributed by atoms with Crippen LogP contribution in [0.5, 0.6) is 0 Å². The third-order valence-electron chi connectivity index (χ3n) is 15.4. The van der Waals surface area contributed by atoms with E-state index in [2.05, 4.69) is 74.4 Å². The third kappa shape index (κ3) is 41.3. The van der Waals surface area contributed by atoms with Crippen LogP contribution >= 0.6 is 0 Å². The van der Waals surface area contributed by atoms with Crippen LogP contribution in [0.15, 0.2) is 0 Å². The largest absolute Gasteiger partial charge is 0.481 e. The average molecular weight is 1570 g/mol. The monoisotopic (exact) mass is 1570 g/mol. The summed E-state index contributed by atoms with van der Waals surface area (Å²) in [6, 6.07) is -24.1. The molecular weight excluding hydrogens is 1470 g/mol. The number of carboxylic acids is 5. The lowest BCUT2D eigenvalue weighted by molar-refractivity contribution is -0.143. The van der Waals surface area contributed by atoms with Crippen molar-refractivity contribution in [2.24, 2.45) is 34.4 Å². The Balaban J connectivity index is 6.82. The van der Waals surface area contributed by atoms with Crippen molar-refractivity contribution < 1.29 is 126 Å². The number of hydrogen-bond acceptors (Lipinski definition) is 24. The van der Waals surface area contributed by atoms with Gasteiger partial charge in [0.05, 0.1) is 12.5 Å². The van der Waals surface area contributed by atoms with Gasteiger partial charge < -0.3 is 140 Å². The van der Waals surface area contributed by atoms with Crippen LogP contribution in [0.2, 0.25) is 0 Å². The van der Waals surface area contributed by atoms with Gasteiger partial charge in [0.25, 0.3) is 0 Å². The summed E-state index contributed by atoms with van der Waals surface area (Å²) in [6.45, 7) is 5.77. The van der Waals surface area contributed by atoms with E-state index in [0.29, 0.717) is 0 Å². The Kier molecular flexibility index (Phi) is 44.3. The van der Waals surface area contributed by atoms with E-state index in [4.69, 9.17) is 45.2 Å². The third-order valence-corrected chi connectivity index (χ3v) is 15.4. The van der Waals surface area contributed by atoms with Gasteiger partial charge in [-0.05, 0) is 98.8 Å². The summed E-state index contributed by atoms with van der Waals surface area (Å²) < 4.78 is 0. The highest BCUT2D eigenvalue weighted by Crippen LogP contribution is 2.11. The second-order valence-corrected chi connectivity index (χ2v) is 25.0. The molecule has 110 heavy (non-hydrogen) atoms. The van der Waals surface area contributed by atoms with Crippen molar-refractivity contribution in [3.63, 3.8) is 0 Å². The maximum Gasteiger partial charge on any atom is 0.326 e. The first kappa shape index (κ1) is 97.4. The van der Waals surface area contributed by atoms with Crippen molar-refractivity contribution in [2.75, 3.05) is 13.1 Å². The Labute approximate surface area is 627 Å². The Morgan fingerprint density at radius 1 is 0.273 bits per heavy atom. The first-order valence-electron chi connectivity index (χ1n) is 34.0. The van der Waals surface area contributed by atoms with Crippen LogP contribution in [0.25, 0.3) is 0 Å². The fraction of sp³-hybridized carbons (Fsp3) is 0.623. The predicted octanol–water partition coefficient (Wildman–Crippen LogP) is -11.8. The minimum atomic E-state index is -2.26. The summed E-state index contributed by atoms with van der Waals surface area (Å²) in [5.41, 5.74) is 32.0. The highest BCUT2D eigenvalue weighted by atomic mass is 16.4. The molecule has 0 aromatic heterocycles. The van der Waals surface area contributed by atoms with Crippen LogP contribution < -0.4 is 114 Å². The molecule has 0 bridgehead atoms. The summed E-state index contributed by atoms with van der Waals surface area (Å²) in [7, 11) is 0. The zero-order chi connectivity index (χ0) is 84.4. The van der Waals surface area contributed by atoms with Gasteiger partial charge in [-0.2, -0.15) is 0 Å². The number of carboxylic acid groups (broad SMARTS) is 5. The van der Waals surface area contributed by atoms with E-state index in [1.165, 1.54) is 13.8 Å². The standard InChI is InChI=1S/C61H101N23O26/c1-25(62)46(96)76-30(8-6-22-70-60(66)67)51(101)72-26(2)48(98)78-34(13-19-42(88)89)53(103)73-27(3)47(97)77-32(11-17-40(64)86)55(105)81-35(14-20-43(90)91)54(104)74-28(4)49(99)79-36(15-21-44(92)93)57(107)84-38(24-45(94)95)58(108)82-33(12-18-41(65)87)56(106)80-31(10-16-39(63)85)52(102)75-29(5)50(100)83-37(59(109)110)9-7-23-71-61(68)69/h25-38H,6-24,62H2,1-5H3,(H2,63,85)(H2,64,86)(H2,65,87)(H,72,101)(H,73,103)(H,74,104)(H,75,102)(H,76,96)(H,77,97)(H,78,98)(H,79,99)(H,80,106)(H,81,105)(H,82,108)(H,83,100)(H,84,107)(H,88,89)(H,90,91)(H,92,93)(H,94,95)(H,109,110)(H4,66,67,70)(H4,68,69,71)/t25-,26-,27-,28-,29-,30-,31-,32-,33-,34-,35-,36-,37-,38-/m0/s1. The number of hydrogen-bond donors (Lipinski definition) is 28. The van der Waals surface area contributed by atoms with Gasteiger partial charge in [0.2, 0.25) is 94.5 Å². The van der Waals surface area contributed by atoms with Crippen molar-refractivity contribution in [3.05, 3.63) is 0 Å². The molecule has 0 aliphatic heterocycles. The van der Waals surface area contributed by atoms with Crippen LogP contribution in [0.1, 0.15) is 144 Å². The van der Waals surface area contributed by atoms with Crippen molar-refractivity contribution in [1.82, 2.24) is 79.8 Å². The van der Waals surface area contributed by atoms with Gasteiger partial charge in [0.1, 0.15) is 78.5 Å². The summed E-state index contributed by atoms with van der Waals surface area (Å²) in [6.07, 6.45) is -10.1. The zero-order valence-corrected chi connectivity index (χ0v) is 60.8.